The van der Waals surface area contributed by atoms with E-state index in [0.29, 0.717) is 50.8 Å². The van der Waals surface area contributed by atoms with Crippen molar-refractivity contribution >= 4 is 22.4 Å². The first-order chi connectivity index (χ1) is 17.9. The first-order valence-electron chi connectivity index (χ1n) is 11.9. The Hall–Kier alpha value is -4.01. The predicted octanol–water partition coefficient (Wildman–Crippen LogP) is 7.70. The Labute approximate surface area is 213 Å². The van der Waals surface area contributed by atoms with E-state index in [0.717, 1.165) is 25.0 Å². The van der Waals surface area contributed by atoms with Gasteiger partial charge < -0.3 is 19.5 Å². The molecule has 4 rings (SSSR count). The molecule has 1 aromatic heterocycles. The van der Waals surface area contributed by atoms with Crippen LogP contribution in [0.2, 0.25) is 0 Å². The van der Waals surface area contributed by atoms with Gasteiger partial charge >= 0.3 is 0 Å². The number of alkyl halides is 2. The van der Waals surface area contributed by atoms with Crippen LogP contribution in [0.15, 0.2) is 54.9 Å². The maximum Gasteiger partial charge on any atom is 0.266 e. The number of hydrogen-bond acceptors (Lipinski definition) is 6. The van der Waals surface area contributed by atoms with Gasteiger partial charge in [0.05, 0.1) is 37.1 Å². The molecule has 0 aliphatic rings. The average molecular weight is 512 g/mol. The number of methoxy groups -OCH3 is 2. The van der Waals surface area contributed by atoms with Crippen LogP contribution >= 0.6 is 0 Å². The van der Waals surface area contributed by atoms with Gasteiger partial charge in [-0.25, -0.2) is 23.1 Å². The van der Waals surface area contributed by atoms with Crippen LogP contribution in [0.5, 0.6) is 17.2 Å². The molecule has 1 heterocycles. The largest absolute Gasteiger partial charge is 0.495 e. The second-order valence-corrected chi connectivity index (χ2v) is 8.38. The number of halogens is 3. The highest BCUT2D eigenvalue weighted by atomic mass is 19.3. The zero-order chi connectivity index (χ0) is 26.5. The van der Waals surface area contributed by atoms with E-state index in [2.05, 4.69) is 29.1 Å². The summed E-state index contributed by atoms with van der Waals surface area (Å²) in [4.78, 5) is 8.79. The van der Waals surface area contributed by atoms with Gasteiger partial charge in [-0.2, -0.15) is 0 Å². The third kappa shape index (κ3) is 5.55. The first kappa shape index (κ1) is 26.1. The molecule has 0 aliphatic heterocycles. The van der Waals surface area contributed by atoms with Crippen LogP contribution in [0, 0.1) is 5.82 Å². The van der Waals surface area contributed by atoms with Crippen LogP contribution in [-0.2, 0) is 0 Å². The molecule has 0 saturated heterocycles. The second-order valence-electron chi connectivity index (χ2n) is 8.38. The van der Waals surface area contributed by atoms with Crippen molar-refractivity contribution < 1.29 is 27.4 Å². The predicted molar refractivity (Wildman–Crippen MR) is 138 cm³/mol. The van der Waals surface area contributed by atoms with E-state index < -0.39 is 17.8 Å². The zero-order valence-electron chi connectivity index (χ0n) is 21.0. The van der Waals surface area contributed by atoms with E-state index >= 15 is 0 Å². The fourth-order valence-corrected chi connectivity index (χ4v) is 4.05. The van der Waals surface area contributed by atoms with Crippen molar-refractivity contribution in [3.8, 4) is 28.4 Å². The van der Waals surface area contributed by atoms with Crippen LogP contribution in [0.4, 0.5) is 24.7 Å². The molecule has 37 heavy (non-hydrogen) atoms. The van der Waals surface area contributed by atoms with Gasteiger partial charge in [-0.15, -0.1) is 0 Å². The minimum atomic E-state index is -2.92. The highest BCUT2D eigenvalue weighted by Crippen LogP contribution is 2.38. The summed E-state index contributed by atoms with van der Waals surface area (Å²) in [5, 5.41) is 3.97. The number of hydrogen-bond donors (Lipinski definition) is 1. The van der Waals surface area contributed by atoms with Crippen molar-refractivity contribution in [1.82, 2.24) is 9.97 Å². The van der Waals surface area contributed by atoms with Crippen molar-refractivity contribution in [2.45, 2.75) is 39.2 Å². The molecular weight excluding hydrogens is 483 g/mol. The Morgan fingerprint density at radius 2 is 1.54 bits per heavy atom. The van der Waals surface area contributed by atoms with Crippen molar-refractivity contribution in [3.63, 3.8) is 0 Å². The fraction of sp³-hybridized carbons (Fsp3) is 0.286. The number of benzene rings is 3. The van der Waals surface area contributed by atoms with Crippen LogP contribution < -0.4 is 19.5 Å². The van der Waals surface area contributed by atoms with E-state index in [1.807, 2.05) is 6.07 Å². The Morgan fingerprint density at radius 3 is 2.22 bits per heavy atom. The molecule has 0 fully saturated rings. The number of nitrogens with zero attached hydrogens (tertiary/aromatic N) is 2. The molecule has 3 aromatic carbocycles. The number of nitrogens with one attached hydrogen (secondary N) is 1. The molecule has 194 valence electrons. The number of anilines is 2. The van der Waals surface area contributed by atoms with Crippen LogP contribution in [0.1, 0.15) is 38.7 Å². The molecule has 0 radical (unpaired) electrons. The number of rotatable bonds is 10. The van der Waals surface area contributed by atoms with E-state index in [-0.39, 0.29) is 6.10 Å². The topological polar surface area (TPSA) is 65.5 Å². The zero-order valence-corrected chi connectivity index (χ0v) is 21.0. The van der Waals surface area contributed by atoms with Gasteiger partial charge in [0.15, 0.2) is 11.5 Å². The molecule has 0 spiro atoms. The van der Waals surface area contributed by atoms with E-state index in [1.165, 1.54) is 19.5 Å². The minimum Gasteiger partial charge on any atom is -0.495 e. The van der Waals surface area contributed by atoms with E-state index in [4.69, 9.17) is 14.2 Å². The molecular formula is C28H28F3N3O3. The van der Waals surface area contributed by atoms with Gasteiger partial charge in [0, 0.05) is 11.5 Å². The Bertz CT molecular complexity index is 1390. The molecule has 0 amide bonds. The second kappa shape index (κ2) is 11.4. The van der Waals surface area contributed by atoms with Gasteiger partial charge in [0.1, 0.15) is 23.7 Å². The van der Waals surface area contributed by atoms with E-state index in [9.17, 15) is 13.2 Å². The van der Waals surface area contributed by atoms with Crippen molar-refractivity contribution in [1.29, 1.82) is 0 Å². The lowest BCUT2D eigenvalue weighted by molar-refractivity contribution is 0.146. The molecule has 9 heteroatoms. The molecule has 0 aliphatic carbocycles. The Morgan fingerprint density at radius 1 is 0.838 bits per heavy atom. The van der Waals surface area contributed by atoms with Crippen molar-refractivity contribution in [3.05, 3.63) is 66.2 Å². The molecule has 1 N–H and O–H groups in total. The lowest BCUT2D eigenvalue weighted by Crippen LogP contribution is -2.14. The fourth-order valence-electron chi connectivity index (χ4n) is 4.05. The van der Waals surface area contributed by atoms with E-state index in [1.54, 1.807) is 31.4 Å². The molecule has 6 nitrogen and oxygen atoms in total. The molecule has 0 saturated carbocycles. The standard InChI is InChI=1S/C28H28F3N3O3/c1-5-18(6-2)37-26-13-20-22(14-25(26)36-4)32-15-33-28(20)34-23-12-17(8-10-24(23)35-3)16-7-9-21(29)19(11-16)27(30)31/h7-15,18,27H,5-6H2,1-4H3,(H,32,33,34). The smallest absolute Gasteiger partial charge is 0.266 e. The van der Waals surface area contributed by atoms with Crippen molar-refractivity contribution in [2.75, 3.05) is 19.5 Å². The number of aromatic nitrogens is 2. The third-order valence-corrected chi connectivity index (χ3v) is 6.14. The summed E-state index contributed by atoms with van der Waals surface area (Å²) in [5.41, 5.74) is 1.58. The van der Waals surface area contributed by atoms with Crippen molar-refractivity contribution in [2.24, 2.45) is 0 Å². The normalized spacial score (nSPS) is 11.3. The first-order valence-corrected chi connectivity index (χ1v) is 11.9. The Kier molecular flexibility index (Phi) is 8.01. The van der Waals surface area contributed by atoms with Crippen LogP contribution in [-0.4, -0.2) is 30.3 Å². The monoisotopic (exact) mass is 511 g/mol. The maximum absolute atomic E-state index is 13.8. The highest BCUT2D eigenvalue weighted by molar-refractivity contribution is 5.93. The number of fused-ring (bicyclic) bond motifs is 1. The molecule has 0 atom stereocenters. The quantitative estimate of drug-likeness (QED) is 0.235. The minimum absolute atomic E-state index is 0.0259. The van der Waals surface area contributed by atoms with Crippen LogP contribution in [0.3, 0.4) is 0 Å². The number of ether oxygens (including phenoxy) is 3. The van der Waals surface area contributed by atoms with Gasteiger partial charge in [-0.3, -0.25) is 0 Å². The third-order valence-electron chi connectivity index (χ3n) is 6.14. The van der Waals surface area contributed by atoms with Gasteiger partial charge in [-0.1, -0.05) is 26.0 Å². The summed E-state index contributed by atoms with van der Waals surface area (Å²) in [7, 11) is 3.10. The summed E-state index contributed by atoms with van der Waals surface area (Å²) in [5.74, 6) is 1.20. The maximum atomic E-state index is 13.8. The molecule has 4 aromatic rings. The lowest BCUT2D eigenvalue weighted by atomic mass is 10.0. The van der Waals surface area contributed by atoms with Gasteiger partial charge in [-0.05, 0) is 54.3 Å². The summed E-state index contributed by atoms with van der Waals surface area (Å²) >= 11 is 0. The highest BCUT2D eigenvalue weighted by Gasteiger charge is 2.17. The lowest BCUT2D eigenvalue weighted by Gasteiger charge is -2.19. The summed E-state index contributed by atoms with van der Waals surface area (Å²) in [6, 6.07) is 12.4. The SMILES string of the molecule is CCC(CC)Oc1cc2c(Nc3cc(-c4ccc(F)c(C(F)F)c4)ccc3OC)ncnc2cc1OC. The summed E-state index contributed by atoms with van der Waals surface area (Å²) in [6.07, 6.45) is 0.217. The van der Waals surface area contributed by atoms with Gasteiger partial charge in [0.2, 0.25) is 0 Å². The summed E-state index contributed by atoms with van der Waals surface area (Å²) in [6.45, 7) is 4.12. The van der Waals surface area contributed by atoms with Gasteiger partial charge in [0.25, 0.3) is 6.43 Å². The van der Waals surface area contributed by atoms with Crippen LogP contribution in [0.25, 0.3) is 22.0 Å². The Balaban J connectivity index is 1.77. The molecule has 0 unspecified atom stereocenters. The summed E-state index contributed by atoms with van der Waals surface area (Å²) < 4.78 is 57.6. The molecule has 0 bridgehead atoms. The average Bonchev–Trinajstić information content (AvgIpc) is 2.91.